The van der Waals surface area contributed by atoms with E-state index >= 15 is 0 Å². The predicted octanol–water partition coefficient (Wildman–Crippen LogP) is 2.22. The molecule has 6 heteroatoms. The normalized spacial score (nSPS) is 15.9. The Bertz CT molecular complexity index is 589. The van der Waals surface area contributed by atoms with Gasteiger partial charge in [-0.25, -0.2) is 0 Å². The Balaban J connectivity index is 1.79. The number of thiocarbonyl (C=S) groups is 1. The molecule has 1 aromatic rings. The van der Waals surface area contributed by atoms with Crippen molar-refractivity contribution in [1.29, 1.82) is 0 Å². The summed E-state index contributed by atoms with van der Waals surface area (Å²) in [5, 5.41) is 7.09. The van der Waals surface area contributed by atoms with Gasteiger partial charge in [-0.3, -0.25) is 9.69 Å². The van der Waals surface area contributed by atoms with Crippen molar-refractivity contribution in [2.75, 3.05) is 38.0 Å². The molecule has 0 radical (unpaired) electrons. The van der Waals surface area contributed by atoms with Gasteiger partial charge < -0.3 is 15.5 Å². The zero-order chi connectivity index (χ0) is 17.7. The lowest BCUT2D eigenvalue weighted by molar-refractivity contribution is -0.123. The van der Waals surface area contributed by atoms with E-state index < -0.39 is 0 Å². The van der Waals surface area contributed by atoms with E-state index in [2.05, 4.69) is 33.4 Å². The first-order valence-corrected chi connectivity index (χ1v) is 8.80. The van der Waals surface area contributed by atoms with Gasteiger partial charge in [0.05, 0.1) is 6.54 Å². The Labute approximate surface area is 150 Å². The van der Waals surface area contributed by atoms with E-state index in [1.807, 2.05) is 39.0 Å². The molecule has 5 nitrogen and oxygen atoms in total. The molecular formula is C18H28N4OS. The molecule has 1 aromatic carbocycles. The molecule has 2 rings (SSSR count). The molecule has 1 aliphatic heterocycles. The molecule has 0 bridgehead atoms. The van der Waals surface area contributed by atoms with E-state index in [1.54, 1.807) is 0 Å². The highest BCUT2D eigenvalue weighted by Crippen LogP contribution is 2.14. The average molecular weight is 349 g/mol. The molecule has 1 heterocycles. The Kier molecular flexibility index (Phi) is 6.18. The van der Waals surface area contributed by atoms with Gasteiger partial charge in [-0.2, -0.15) is 0 Å². The zero-order valence-corrected chi connectivity index (χ0v) is 15.9. The van der Waals surface area contributed by atoms with Gasteiger partial charge in [-0.1, -0.05) is 18.2 Å². The number of carbonyl (C=O) groups excluding carboxylic acids is 1. The summed E-state index contributed by atoms with van der Waals surface area (Å²) in [5.41, 5.74) is 2.05. The van der Waals surface area contributed by atoms with Crippen LogP contribution in [0.15, 0.2) is 24.3 Å². The summed E-state index contributed by atoms with van der Waals surface area (Å²) in [6.07, 6.45) is 0. The number of aryl methyl sites for hydroxylation is 1. The standard InChI is InChI=1S/C18H28N4OS/c1-14-7-5-6-8-15(14)19-17(24)22-11-9-21(10-12-22)13-16(23)20-18(2,3)4/h5-8H,9-13H2,1-4H3,(H,19,24)(H,20,23). The van der Waals surface area contributed by atoms with Gasteiger partial charge in [-0.15, -0.1) is 0 Å². The number of rotatable bonds is 3. The summed E-state index contributed by atoms with van der Waals surface area (Å²) in [6, 6.07) is 8.13. The summed E-state index contributed by atoms with van der Waals surface area (Å²) in [7, 11) is 0. The molecule has 0 aromatic heterocycles. The van der Waals surface area contributed by atoms with Crippen LogP contribution >= 0.6 is 12.2 Å². The number of carbonyl (C=O) groups is 1. The number of hydrogen-bond donors (Lipinski definition) is 2. The third-order valence-electron chi connectivity index (χ3n) is 3.93. The van der Waals surface area contributed by atoms with E-state index in [0.29, 0.717) is 6.54 Å². The minimum absolute atomic E-state index is 0.0801. The Morgan fingerprint density at radius 3 is 2.38 bits per heavy atom. The molecule has 0 saturated carbocycles. The number of amides is 1. The number of nitrogens with zero attached hydrogens (tertiary/aromatic N) is 2. The summed E-state index contributed by atoms with van der Waals surface area (Å²) < 4.78 is 0. The molecule has 1 saturated heterocycles. The van der Waals surface area contributed by atoms with Crippen molar-refractivity contribution in [3.05, 3.63) is 29.8 Å². The Morgan fingerprint density at radius 1 is 1.17 bits per heavy atom. The van der Waals surface area contributed by atoms with Crippen LogP contribution in [0.2, 0.25) is 0 Å². The van der Waals surface area contributed by atoms with Crippen molar-refractivity contribution in [3.8, 4) is 0 Å². The second kappa shape index (κ2) is 7.94. The van der Waals surface area contributed by atoms with Crippen molar-refractivity contribution in [1.82, 2.24) is 15.1 Å². The molecule has 0 aliphatic carbocycles. The maximum atomic E-state index is 12.0. The molecule has 0 spiro atoms. The fourth-order valence-electron chi connectivity index (χ4n) is 2.68. The third-order valence-corrected chi connectivity index (χ3v) is 4.29. The van der Waals surface area contributed by atoms with E-state index in [1.165, 1.54) is 5.56 Å². The number of anilines is 1. The number of para-hydroxylation sites is 1. The Hall–Kier alpha value is -1.66. The van der Waals surface area contributed by atoms with Crippen LogP contribution in [-0.4, -0.2) is 59.1 Å². The molecule has 1 amide bonds. The van der Waals surface area contributed by atoms with Crippen LogP contribution in [-0.2, 0) is 4.79 Å². The smallest absolute Gasteiger partial charge is 0.234 e. The van der Waals surface area contributed by atoms with Crippen LogP contribution < -0.4 is 10.6 Å². The van der Waals surface area contributed by atoms with Crippen molar-refractivity contribution < 1.29 is 4.79 Å². The first-order valence-electron chi connectivity index (χ1n) is 8.39. The fourth-order valence-corrected chi connectivity index (χ4v) is 2.97. The lowest BCUT2D eigenvalue weighted by Gasteiger charge is -2.36. The van der Waals surface area contributed by atoms with Gasteiger partial charge in [0, 0.05) is 37.4 Å². The van der Waals surface area contributed by atoms with Gasteiger partial charge in [0.15, 0.2) is 5.11 Å². The van der Waals surface area contributed by atoms with E-state index in [0.717, 1.165) is 37.0 Å². The van der Waals surface area contributed by atoms with Gasteiger partial charge in [-0.05, 0) is 51.5 Å². The van der Waals surface area contributed by atoms with Crippen molar-refractivity contribution >= 4 is 28.9 Å². The minimum Gasteiger partial charge on any atom is -0.350 e. The summed E-state index contributed by atoms with van der Waals surface area (Å²) in [6.45, 7) is 11.9. The van der Waals surface area contributed by atoms with Crippen LogP contribution in [0.4, 0.5) is 5.69 Å². The summed E-state index contributed by atoms with van der Waals surface area (Å²) in [4.78, 5) is 16.4. The highest BCUT2D eigenvalue weighted by Gasteiger charge is 2.22. The van der Waals surface area contributed by atoms with E-state index in [4.69, 9.17) is 12.2 Å². The SMILES string of the molecule is Cc1ccccc1NC(=S)N1CCN(CC(=O)NC(C)(C)C)CC1. The van der Waals surface area contributed by atoms with E-state index in [9.17, 15) is 4.79 Å². The topological polar surface area (TPSA) is 47.6 Å². The lowest BCUT2D eigenvalue weighted by Crippen LogP contribution is -2.53. The maximum Gasteiger partial charge on any atom is 0.234 e. The lowest BCUT2D eigenvalue weighted by atomic mass is 10.1. The molecule has 0 unspecified atom stereocenters. The summed E-state index contributed by atoms with van der Waals surface area (Å²) in [5.74, 6) is 0.0801. The summed E-state index contributed by atoms with van der Waals surface area (Å²) >= 11 is 5.53. The van der Waals surface area contributed by atoms with Gasteiger partial charge >= 0.3 is 0 Å². The van der Waals surface area contributed by atoms with Crippen LogP contribution in [0.3, 0.4) is 0 Å². The molecule has 132 valence electrons. The molecule has 1 aliphatic rings. The molecule has 2 N–H and O–H groups in total. The predicted molar refractivity (Wildman–Crippen MR) is 103 cm³/mol. The number of benzene rings is 1. The van der Waals surface area contributed by atoms with Crippen LogP contribution in [0.5, 0.6) is 0 Å². The molecule has 24 heavy (non-hydrogen) atoms. The first-order chi connectivity index (χ1) is 11.2. The number of nitrogens with one attached hydrogen (secondary N) is 2. The minimum atomic E-state index is -0.183. The van der Waals surface area contributed by atoms with Gasteiger partial charge in [0.1, 0.15) is 0 Å². The van der Waals surface area contributed by atoms with Gasteiger partial charge in [0.25, 0.3) is 0 Å². The monoisotopic (exact) mass is 348 g/mol. The number of hydrogen-bond acceptors (Lipinski definition) is 3. The fraction of sp³-hybridized carbons (Fsp3) is 0.556. The van der Waals surface area contributed by atoms with E-state index in [-0.39, 0.29) is 11.4 Å². The van der Waals surface area contributed by atoms with Gasteiger partial charge in [0.2, 0.25) is 5.91 Å². The third kappa shape index (κ3) is 5.76. The quantitative estimate of drug-likeness (QED) is 0.821. The first kappa shape index (κ1) is 18.7. The zero-order valence-electron chi connectivity index (χ0n) is 15.1. The highest BCUT2D eigenvalue weighted by atomic mass is 32.1. The largest absolute Gasteiger partial charge is 0.350 e. The van der Waals surface area contributed by atoms with Crippen LogP contribution in [0.1, 0.15) is 26.3 Å². The average Bonchev–Trinajstić information content (AvgIpc) is 2.48. The van der Waals surface area contributed by atoms with Crippen molar-refractivity contribution in [2.45, 2.75) is 33.2 Å². The van der Waals surface area contributed by atoms with Crippen molar-refractivity contribution in [2.24, 2.45) is 0 Å². The van der Waals surface area contributed by atoms with Crippen LogP contribution in [0.25, 0.3) is 0 Å². The Morgan fingerprint density at radius 2 is 1.79 bits per heavy atom. The second-order valence-electron chi connectivity index (χ2n) is 7.31. The maximum absolute atomic E-state index is 12.0. The number of piperazine rings is 1. The molecule has 0 atom stereocenters. The van der Waals surface area contributed by atoms with Crippen LogP contribution in [0, 0.1) is 6.92 Å². The van der Waals surface area contributed by atoms with Crippen molar-refractivity contribution in [3.63, 3.8) is 0 Å². The second-order valence-corrected chi connectivity index (χ2v) is 7.69. The highest BCUT2D eigenvalue weighted by molar-refractivity contribution is 7.80. The molecule has 1 fully saturated rings. The molecular weight excluding hydrogens is 320 g/mol.